The van der Waals surface area contributed by atoms with E-state index in [-0.39, 0.29) is 23.8 Å². The van der Waals surface area contributed by atoms with E-state index in [9.17, 15) is 14.4 Å². The van der Waals surface area contributed by atoms with Gasteiger partial charge in [-0.15, -0.1) is 0 Å². The average Bonchev–Trinajstić information content (AvgIpc) is 2.83. The second-order valence-corrected chi connectivity index (χ2v) is 5.30. The number of nitrogens with zero attached hydrogens (tertiary/aromatic N) is 3. The largest absolute Gasteiger partial charge is 0.465 e. The zero-order valence-corrected chi connectivity index (χ0v) is 13.2. The van der Waals surface area contributed by atoms with Gasteiger partial charge >= 0.3 is 11.9 Å². The van der Waals surface area contributed by atoms with E-state index < -0.39 is 17.9 Å². The number of ether oxygens (including phenoxy) is 2. The molecule has 9 heteroatoms. The zero-order chi connectivity index (χ0) is 16.3. The molecule has 0 N–H and O–H groups in total. The molecule has 0 radical (unpaired) electrons. The van der Waals surface area contributed by atoms with Crippen LogP contribution in [0, 0.1) is 6.92 Å². The lowest BCUT2D eigenvalue weighted by Crippen LogP contribution is -2.26. The van der Waals surface area contributed by atoms with E-state index in [0.717, 1.165) is 15.9 Å². The molecule has 2 aromatic rings. The number of rotatable bonds is 5. The molecule has 2 aromatic heterocycles. The van der Waals surface area contributed by atoms with E-state index >= 15 is 0 Å². The van der Waals surface area contributed by atoms with Crippen LogP contribution in [0.5, 0.6) is 0 Å². The summed E-state index contributed by atoms with van der Waals surface area (Å²) in [6.07, 6.45) is 0. The highest BCUT2D eigenvalue weighted by Crippen LogP contribution is 2.24. The van der Waals surface area contributed by atoms with E-state index in [1.807, 2.05) is 0 Å². The van der Waals surface area contributed by atoms with Crippen molar-refractivity contribution in [3.63, 3.8) is 0 Å². The van der Waals surface area contributed by atoms with Gasteiger partial charge in [-0.1, -0.05) is 11.3 Å². The van der Waals surface area contributed by atoms with Crippen molar-refractivity contribution in [2.75, 3.05) is 13.2 Å². The van der Waals surface area contributed by atoms with Gasteiger partial charge in [0.2, 0.25) is 10.9 Å². The van der Waals surface area contributed by atoms with Crippen LogP contribution in [0.1, 0.15) is 30.5 Å². The van der Waals surface area contributed by atoms with Crippen LogP contribution in [0.15, 0.2) is 10.9 Å². The Hall–Kier alpha value is -2.29. The van der Waals surface area contributed by atoms with Gasteiger partial charge in [-0.2, -0.15) is 9.61 Å². The smallest absolute Gasteiger partial charge is 0.327 e. The first-order chi connectivity index (χ1) is 10.5. The summed E-state index contributed by atoms with van der Waals surface area (Å²) in [5, 5.41) is 4.14. The fourth-order valence-electron chi connectivity index (χ4n) is 1.80. The van der Waals surface area contributed by atoms with Crippen LogP contribution in [0.25, 0.3) is 4.96 Å². The highest BCUT2D eigenvalue weighted by molar-refractivity contribution is 7.17. The van der Waals surface area contributed by atoms with Crippen LogP contribution < -0.4 is 5.56 Å². The maximum Gasteiger partial charge on any atom is 0.327 e. The van der Waals surface area contributed by atoms with Crippen LogP contribution in [0.2, 0.25) is 0 Å². The minimum absolute atomic E-state index is 0.118. The molecule has 0 aliphatic heterocycles. The molecular weight excluding hydrogens is 310 g/mol. The van der Waals surface area contributed by atoms with Crippen molar-refractivity contribution in [1.29, 1.82) is 0 Å². The number of carbonyl (C=O) groups is 2. The summed E-state index contributed by atoms with van der Waals surface area (Å²) in [4.78, 5) is 40.4. The Bertz CT molecular complexity index is 749. The van der Waals surface area contributed by atoms with Gasteiger partial charge in [0.25, 0.3) is 5.56 Å². The Labute approximate surface area is 129 Å². The SMILES string of the molecule is CCOC(=O)C(C(=O)OCC)c1nn2c(=O)cc(C)nc2s1. The van der Waals surface area contributed by atoms with Crippen LogP contribution in [0.4, 0.5) is 0 Å². The first kappa shape index (κ1) is 16.1. The summed E-state index contributed by atoms with van der Waals surface area (Å²) in [5.74, 6) is -2.83. The third-order valence-corrected chi connectivity index (χ3v) is 3.65. The number of hydrogen-bond donors (Lipinski definition) is 0. The molecule has 0 aliphatic rings. The van der Waals surface area contributed by atoms with Gasteiger partial charge in [-0.3, -0.25) is 14.4 Å². The number of fused-ring (bicyclic) bond motifs is 1. The van der Waals surface area contributed by atoms with Crippen molar-refractivity contribution >= 4 is 28.2 Å². The number of esters is 2. The number of carbonyl (C=O) groups excluding carboxylic acids is 2. The Morgan fingerprint density at radius 2 is 1.86 bits per heavy atom. The Morgan fingerprint density at radius 3 is 2.41 bits per heavy atom. The fraction of sp³-hybridized carbons (Fsp3) is 0.462. The van der Waals surface area contributed by atoms with E-state index in [4.69, 9.17) is 9.47 Å². The van der Waals surface area contributed by atoms with Crippen molar-refractivity contribution in [3.05, 3.63) is 27.1 Å². The summed E-state index contributed by atoms with van der Waals surface area (Å²) in [6, 6.07) is 1.32. The standard InChI is InChI=1S/C13H15N3O5S/c1-4-20-11(18)9(12(19)21-5-2)10-15-16-8(17)6-7(3)14-13(16)22-10/h6,9H,4-5H2,1-3H3. The van der Waals surface area contributed by atoms with Crippen LogP contribution in [0.3, 0.4) is 0 Å². The molecule has 0 saturated heterocycles. The summed E-state index contributed by atoms with van der Waals surface area (Å²) >= 11 is 0.981. The quantitative estimate of drug-likeness (QED) is 0.588. The monoisotopic (exact) mass is 325 g/mol. The van der Waals surface area contributed by atoms with Gasteiger partial charge in [0.15, 0.2) is 0 Å². The van der Waals surface area contributed by atoms with E-state index in [1.165, 1.54) is 6.07 Å². The van der Waals surface area contributed by atoms with Gasteiger partial charge in [-0.05, 0) is 20.8 Å². The van der Waals surface area contributed by atoms with Gasteiger partial charge < -0.3 is 9.47 Å². The van der Waals surface area contributed by atoms with Gasteiger partial charge in [-0.25, -0.2) is 4.98 Å². The second kappa shape index (κ2) is 6.65. The molecule has 0 atom stereocenters. The minimum Gasteiger partial charge on any atom is -0.465 e. The van der Waals surface area contributed by atoms with Crippen LogP contribution in [-0.4, -0.2) is 39.8 Å². The van der Waals surface area contributed by atoms with E-state index in [2.05, 4.69) is 10.1 Å². The van der Waals surface area contributed by atoms with E-state index in [0.29, 0.717) is 10.7 Å². The highest BCUT2D eigenvalue weighted by atomic mass is 32.1. The van der Waals surface area contributed by atoms with Crippen molar-refractivity contribution in [3.8, 4) is 0 Å². The second-order valence-electron chi connectivity index (χ2n) is 4.31. The molecular formula is C13H15N3O5S. The average molecular weight is 325 g/mol. The van der Waals surface area contributed by atoms with E-state index in [1.54, 1.807) is 20.8 Å². The molecule has 0 fully saturated rings. The molecule has 0 saturated carbocycles. The number of aryl methyl sites for hydroxylation is 1. The molecule has 0 amide bonds. The summed E-state index contributed by atoms with van der Waals surface area (Å²) in [5.41, 5.74) is 0.153. The minimum atomic E-state index is -1.31. The van der Waals surface area contributed by atoms with Crippen molar-refractivity contribution in [2.24, 2.45) is 0 Å². The lowest BCUT2D eigenvalue weighted by Gasteiger charge is -2.11. The van der Waals surface area contributed by atoms with Crippen LogP contribution in [-0.2, 0) is 19.1 Å². The normalized spacial score (nSPS) is 10.9. The fourth-order valence-corrected chi connectivity index (χ4v) is 2.83. The third-order valence-electron chi connectivity index (χ3n) is 2.68. The lowest BCUT2D eigenvalue weighted by atomic mass is 10.1. The maximum absolute atomic E-state index is 12.0. The lowest BCUT2D eigenvalue weighted by molar-refractivity contribution is -0.156. The molecule has 118 valence electrons. The maximum atomic E-state index is 12.0. The molecule has 0 spiro atoms. The van der Waals surface area contributed by atoms with Crippen molar-refractivity contribution in [2.45, 2.75) is 26.7 Å². The Balaban J connectivity index is 2.51. The summed E-state index contributed by atoms with van der Waals surface area (Å²) in [6.45, 7) is 5.19. The molecule has 0 aliphatic carbocycles. The van der Waals surface area contributed by atoms with Gasteiger partial charge in [0.1, 0.15) is 5.01 Å². The topological polar surface area (TPSA) is 99.9 Å². The van der Waals surface area contributed by atoms with Gasteiger partial charge in [0.05, 0.1) is 13.2 Å². The van der Waals surface area contributed by atoms with Gasteiger partial charge in [0, 0.05) is 11.8 Å². The molecule has 0 unspecified atom stereocenters. The predicted molar refractivity (Wildman–Crippen MR) is 77.9 cm³/mol. The molecule has 8 nitrogen and oxygen atoms in total. The Kier molecular flexibility index (Phi) is 4.86. The van der Waals surface area contributed by atoms with Crippen molar-refractivity contribution < 1.29 is 19.1 Å². The zero-order valence-electron chi connectivity index (χ0n) is 12.4. The third kappa shape index (κ3) is 3.14. The number of hydrogen-bond acceptors (Lipinski definition) is 8. The predicted octanol–water partition coefficient (Wildman–Crippen LogP) is 0.669. The first-order valence-electron chi connectivity index (χ1n) is 6.68. The van der Waals surface area contributed by atoms with Crippen LogP contribution >= 0.6 is 11.3 Å². The molecule has 0 aromatic carbocycles. The number of aromatic nitrogens is 3. The first-order valence-corrected chi connectivity index (χ1v) is 7.50. The Morgan fingerprint density at radius 1 is 1.27 bits per heavy atom. The highest BCUT2D eigenvalue weighted by Gasteiger charge is 2.35. The molecule has 22 heavy (non-hydrogen) atoms. The molecule has 2 rings (SSSR count). The molecule has 2 heterocycles. The summed E-state index contributed by atoms with van der Waals surface area (Å²) in [7, 11) is 0. The summed E-state index contributed by atoms with van der Waals surface area (Å²) < 4.78 is 10.8. The molecule has 0 bridgehead atoms. The van der Waals surface area contributed by atoms with Crippen molar-refractivity contribution in [1.82, 2.24) is 14.6 Å².